The minimum Gasteiger partial charge on any atom is -0.232 e. The van der Waals surface area contributed by atoms with Crippen LogP contribution in [0.1, 0.15) is 0 Å². The molecule has 1 aromatic heterocycles. The maximum Gasteiger partial charge on any atom is 0.143 e. The van der Waals surface area contributed by atoms with E-state index in [-0.39, 0.29) is 0 Å². The van der Waals surface area contributed by atoms with Gasteiger partial charge in [0.05, 0.1) is 5.69 Å². The Morgan fingerprint density at radius 3 is 2.27 bits per heavy atom. The molecule has 15 heavy (non-hydrogen) atoms. The molecular formula is C8H10N4O2S. The summed E-state index contributed by atoms with van der Waals surface area (Å²) in [5.74, 6) is 0. The van der Waals surface area contributed by atoms with Crippen LogP contribution in [-0.2, 0) is 10.7 Å². The Morgan fingerprint density at radius 1 is 1.20 bits per heavy atom. The van der Waals surface area contributed by atoms with E-state index in [4.69, 9.17) is 8.42 Å². The van der Waals surface area contributed by atoms with Crippen LogP contribution in [0.4, 0.5) is 0 Å². The molecule has 7 heteroatoms. The van der Waals surface area contributed by atoms with Gasteiger partial charge in [-0.15, -0.1) is 5.10 Å². The van der Waals surface area contributed by atoms with Gasteiger partial charge in [0.15, 0.2) is 0 Å². The second kappa shape index (κ2) is 5.86. The zero-order chi connectivity index (χ0) is 11.1. The van der Waals surface area contributed by atoms with Crippen molar-refractivity contribution in [1.29, 1.82) is 0 Å². The summed E-state index contributed by atoms with van der Waals surface area (Å²) < 4.78 is 19.7. The zero-order valence-electron chi connectivity index (χ0n) is 8.02. The van der Waals surface area contributed by atoms with Crippen LogP contribution in [0.25, 0.3) is 5.69 Å². The van der Waals surface area contributed by atoms with Crippen molar-refractivity contribution in [1.82, 2.24) is 20.2 Å². The highest BCUT2D eigenvalue weighted by Gasteiger charge is 1.92. The summed E-state index contributed by atoms with van der Waals surface area (Å²) in [5.41, 5.74) is 0.970. The first-order valence-electron chi connectivity index (χ1n) is 4.06. The average molecular weight is 226 g/mol. The van der Waals surface area contributed by atoms with Crippen LogP contribution in [0, 0.1) is 0 Å². The fourth-order valence-corrected chi connectivity index (χ4v) is 0.860. The lowest BCUT2D eigenvalue weighted by Gasteiger charge is -1.94. The molecule has 0 amide bonds. The van der Waals surface area contributed by atoms with Crippen LogP contribution in [0.3, 0.4) is 0 Å². The van der Waals surface area contributed by atoms with E-state index < -0.39 is 10.7 Å². The largest absolute Gasteiger partial charge is 0.232 e. The summed E-state index contributed by atoms with van der Waals surface area (Å²) in [6.07, 6.45) is 2.69. The van der Waals surface area contributed by atoms with E-state index in [0.29, 0.717) is 0 Å². The SMILES string of the molecule is C[SH](=O)=O.c1ccc(-n2cnnn2)cc1. The highest BCUT2D eigenvalue weighted by molar-refractivity contribution is 7.71. The molecule has 0 fully saturated rings. The Labute approximate surface area is 88.5 Å². The lowest BCUT2D eigenvalue weighted by atomic mass is 10.3. The van der Waals surface area contributed by atoms with Crippen molar-refractivity contribution in [3.63, 3.8) is 0 Å². The van der Waals surface area contributed by atoms with Gasteiger partial charge in [-0.2, -0.15) is 0 Å². The molecule has 1 aromatic carbocycles. The van der Waals surface area contributed by atoms with Gasteiger partial charge in [-0.1, -0.05) is 18.2 Å². The average Bonchev–Trinajstić information content (AvgIpc) is 2.71. The van der Waals surface area contributed by atoms with Crippen molar-refractivity contribution >= 4 is 10.7 Å². The molecule has 2 aromatic rings. The van der Waals surface area contributed by atoms with Crippen molar-refractivity contribution in [2.45, 2.75) is 0 Å². The van der Waals surface area contributed by atoms with Crippen molar-refractivity contribution in [3.8, 4) is 5.69 Å². The predicted molar refractivity (Wildman–Crippen MR) is 55.4 cm³/mol. The Balaban J connectivity index is 0.000000245. The Kier molecular flexibility index (Phi) is 4.42. The quantitative estimate of drug-likeness (QED) is 0.686. The molecule has 0 saturated heterocycles. The van der Waals surface area contributed by atoms with E-state index >= 15 is 0 Å². The Bertz CT molecular complexity index is 445. The minimum absolute atomic E-state index is 0.970. The zero-order valence-corrected chi connectivity index (χ0v) is 8.91. The number of hydrogen-bond acceptors (Lipinski definition) is 5. The van der Waals surface area contributed by atoms with Crippen LogP contribution >= 0.6 is 0 Å². The number of tetrazole rings is 1. The Hall–Kier alpha value is -1.76. The summed E-state index contributed by atoms with van der Waals surface area (Å²) in [6.45, 7) is 0. The summed E-state index contributed by atoms with van der Waals surface area (Å²) in [5, 5.41) is 10.8. The third-order valence-electron chi connectivity index (χ3n) is 1.37. The molecule has 0 radical (unpaired) electrons. The second-order valence-electron chi connectivity index (χ2n) is 2.53. The normalized spacial score (nSPS) is 9.47. The van der Waals surface area contributed by atoms with Crippen LogP contribution in [0.15, 0.2) is 36.7 Å². The molecule has 6 nitrogen and oxygen atoms in total. The summed E-state index contributed by atoms with van der Waals surface area (Å²) >= 11 is 0. The van der Waals surface area contributed by atoms with E-state index in [1.807, 2.05) is 30.3 Å². The van der Waals surface area contributed by atoms with Gasteiger partial charge in [0.25, 0.3) is 0 Å². The highest BCUT2D eigenvalue weighted by Crippen LogP contribution is 2.01. The highest BCUT2D eigenvalue weighted by atomic mass is 32.2. The van der Waals surface area contributed by atoms with Crippen LogP contribution in [-0.4, -0.2) is 34.9 Å². The molecule has 0 unspecified atom stereocenters. The van der Waals surface area contributed by atoms with Crippen LogP contribution in [0.5, 0.6) is 0 Å². The van der Waals surface area contributed by atoms with Crippen LogP contribution < -0.4 is 0 Å². The second-order valence-corrected chi connectivity index (χ2v) is 3.41. The molecule has 0 aliphatic heterocycles. The fourth-order valence-electron chi connectivity index (χ4n) is 0.860. The third-order valence-corrected chi connectivity index (χ3v) is 1.37. The van der Waals surface area contributed by atoms with Crippen molar-refractivity contribution in [2.24, 2.45) is 0 Å². The molecule has 0 N–H and O–H groups in total. The van der Waals surface area contributed by atoms with Gasteiger partial charge >= 0.3 is 0 Å². The summed E-state index contributed by atoms with van der Waals surface area (Å²) in [6, 6.07) is 9.72. The van der Waals surface area contributed by atoms with E-state index in [1.54, 1.807) is 11.0 Å². The van der Waals surface area contributed by atoms with Gasteiger partial charge in [0.1, 0.15) is 17.0 Å². The molecule has 1 heterocycles. The number of aromatic nitrogens is 4. The van der Waals surface area contributed by atoms with Gasteiger partial charge in [0.2, 0.25) is 0 Å². The summed E-state index contributed by atoms with van der Waals surface area (Å²) in [7, 11) is -2.12. The first-order valence-corrected chi connectivity index (χ1v) is 5.69. The number of nitrogens with zero attached hydrogens (tertiary/aromatic N) is 4. The van der Waals surface area contributed by atoms with E-state index in [1.165, 1.54) is 0 Å². The predicted octanol–water partition coefficient (Wildman–Crippen LogP) is -0.110. The van der Waals surface area contributed by atoms with Crippen molar-refractivity contribution in [3.05, 3.63) is 36.7 Å². The van der Waals surface area contributed by atoms with Gasteiger partial charge in [0, 0.05) is 6.26 Å². The van der Waals surface area contributed by atoms with Gasteiger partial charge in [-0.3, -0.25) is 0 Å². The topological polar surface area (TPSA) is 77.7 Å². The standard InChI is InChI=1S/C7H6N4.CH4O2S/c1-2-4-7(5-3-1)11-6-8-9-10-11;1-4(2)3/h1-6H;4H,1H3. The molecule has 0 aliphatic carbocycles. The smallest absolute Gasteiger partial charge is 0.143 e. The van der Waals surface area contributed by atoms with Crippen molar-refractivity contribution in [2.75, 3.05) is 6.26 Å². The number of para-hydroxylation sites is 1. The lowest BCUT2D eigenvalue weighted by Crippen LogP contribution is -1.93. The summed E-state index contributed by atoms with van der Waals surface area (Å²) in [4.78, 5) is 0. The minimum atomic E-state index is -2.12. The molecular weight excluding hydrogens is 216 g/mol. The number of rotatable bonds is 1. The number of benzene rings is 1. The third kappa shape index (κ3) is 4.32. The first-order chi connectivity index (χ1) is 7.20. The maximum atomic E-state index is 9.04. The molecule has 80 valence electrons. The van der Waals surface area contributed by atoms with Crippen molar-refractivity contribution < 1.29 is 8.42 Å². The lowest BCUT2D eigenvalue weighted by molar-refractivity contribution is 0.619. The first kappa shape index (κ1) is 11.3. The maximum absolute atomic E-state index is 9.04. The molecule has 0 aliphatic rings. The van der Waals surface area contributed by atoms with Gasteiger partial charge in [-0.05, 0) is 22.6 Å². The van der Waals surface area contributed by atoms with E-state index in [0.717, 1.165) is 11.9 Å². The fraction of sp³-hybridized carbons (Fsp3) is 0.125. The Morgan fingerprint density at radius 2 is 1.80 bits per heavy atom. The molecule has 0 saturated carbocycles. The molecule has 0 spiro atoms. The van der Waals surface area contributed by atoms with E-state index in [9.17, 15) is 0 Å². The van der Waals surface area contributed by atoms with Gasteiger partial charge < -0.3 is 0 Å². The number of thiol groups is 1. The monoisotopic (exact) mass is 226 g/mol. The van der Waals surface area contributed by atoms with E-state index in [2.05, 4.69) is 15.5 Å². The molecule has 0 atom stereocenters. The van der Waals surface area contributed by atoms with Gasteiger partial charge in [-0.25, -0.2) is 13.1 Å². The molecule has 2 rings (SSSR count). The number of hydrogen-bond donors (Lipinski definition) is 1. The van der Waals surface area contributed by atoms with Crippen LogP contribution in [0.2, 0.25) is 0 Å². The molecule has 0 bridgehead atoms.